The SMILES string of the molecule is CC=CC(=O)OCCC[SiH2]OC. The molecule has 3 nitrogen and oxygen atoms in total. The van der Waals surface area contributed by atoms with Crippen molar-refractivity contribution in [1.82, 2.24) is 0 Å². The van der Waals surface area contributed by atoms with Crippen LogP contribution in [0.15, 0.2) is 12.2 Å². The largest absolute Gasteiger partial charge is 0.463 e. The highest BCUT2D eigenvalue weighted by Gasteiger charge is 1.94. The second-order valence-corrected chi connectivity index (χ2v) is 4.06. The van der Waals surface area contributed by atoms with Crippen LogP contribution in [0.3, 0.4) is 0 Å². The van der Waals surface area contributed by atoms with Gasteiger partial charge in [0.2, 0.25) is 0 Å². The van der Waals surface area contributed by atoms with E-state index in [1.807, 2.05) is 0 Å². The highest BCUT2D eigenvalue weighted by atomic mass is 28.2. The lowest BCUT2D eigenvalue weighted by Crippen LogP contribution is -2.03. The molecule has 70 valence electrons. The van der Waals surface area contributed by atoms with Crippen molar-refractivity contribution >= 4 is 15.7 Å². The number of rotatable bonds is 6. The van der Waals surface area contributed by atoms with Crippen LogP contribution in [0.4, 0.5) is 0 Å². The van der Waals surface area contributed by atoms with E-state index in [9.17, 15) is 4.79 Å². The van der Waals surface area contributed by atoms with Gasteiger partial charge < -0.3 is 9.16 Å². The van der Waals surface area contributed by atoms with Gasteiger partial charge in [-0.05, 0) is 19.4 Å². The van der Waals surface area contributed by atoms with Crippen molar-refractivity contribution in [3.8, 4) is 0 Å². The first-order chi connectivity index (χ1) is 5.81. The summed E-state index contributed by atoms with van der Waals surface area (Å²) in [7, 11) is 1.38. The summed E-state index contributed by atoms with van der Waals surface area (Å²) in [5, 5.41) is 0. The van der Waals surface area contributed by atoms with Gasteiger partial charge in [-0.15, -0.1) is 0 Å². The average molecular weight is 188 g/mol. The van der Waals surface area contributed by atoms with E-state index in [4.69, 9.17) is 9.16 Å². The number of esters is 1. The molecule has 0 rings (SSSR count). The van der Waals surface area contributed by atoms with Crippen molar-refractivity contribution < 1.29 is 14.0 Å². The lowest BCUT2D eigenvalue weighted by Gasteiger charge is -2.00. The van der Waals surface area contributed by atoms with Gasteiger partial charge in [0, 0.05) is 13.2 Å². The van der Waals surface area contributed by atoms with Crippen molar-refractivity contribution in [2.24, 2.45) is 0 Å². The number of carbonyl (C=O) groups excluding carboxylic acids is 1. The molecule has 0 saturated heterocycles. The van der Waals surface area contributed by atoms with Gasteiger partial charge in [0.05, 0.1) is 6.61 Å². The standard InChI is InChI=1S/C8H16O3Si/c1-3-5-8(9)11-6-4-7-12-10-2/h3,5H,4,6-7,12H2,1-2H3. The monoisotopic (exact) mass is 188 g/mol. The van der Waals surface area contributed by atoms with E-state index < -0.39 is 0 Å². The van der Waals surface area contributed by atoms with Crippen LogP contribution in [0.1, 0.15) is 13.3 Å². The zero-order chi connectivity index (χ0) is 9.23. The van der Waals surface area contributed by atoms with Gasteiger partial charge in [0.25, 0.3) is 0 Å². The molecule has 0 fully saturated rings. The zero-order valence-corrected chi connectivity index (χ0v) is 9.12. The summed E-state index contributed by atoms with van der Waals surface area (Å²) in [6, 6.07) is 1.07. The Bertz CT molecular complexity index is 145. The summed E-state index contributed by atoms with van der Waals surface area (Å²) in [4.78, 5) is 10.7. The first kappa shape index (κ1) is 11.4. The molecule has 0 aromatic heterocycles. The van der Waals surface area contributed by atoms with Gasteiger partial charge in [-0.3, -0.25) is 0 Å². The predicted octanol–water partition coefficient (Wildman–Crippen LogP) is 0.644. The van der Waals surface area contributed by atoms with Crippen molar-refractivity contribution in [1.29, 1.82) is 0 Å². The van der Waals surface area contributed by atoms with Crippen LogP contribution in [-0.2, 0) is 14.0 Å². The van der Waals surface area contributed by atoms with E-state index in [0.717, 1.165) is 12.5 Å². The summed E-state index contributed by atoms with van der Waals surface area (Å²) in [6.45, 7) is 2.30. The van der Waals surface area contributed by atoms with Crippen LogP contribution in [0.25, 0.3) is 0 Å². The molecule has 0 aromatic carbocycles. The normalized spacial score (nSPS) is 11.5. The molecular formula is C8H16O3Si. The summed E-state index contributed by atoms with van der Waals surface area (Å²) in [5.74, 6) is -0.253. The third-order valence-electron chi connectivity index (χ3n) is 1.29. The minimum absolute atomic E-state index is 0.253. The highest BCUT2D eigenvalue weighted by Crippen LogP contribution is 1.91. The van der Waals surface area contributed by atoms with E-state index in [1.165, 1.54) is 6.08 Å². The second-order valence-electron chi connectivity index (χ2n) is 2.37. The first-order valence-corrected chi connectivity index (χ1v) is 5.67. The van der Waals surface area contributed by atoms with Gasteiger partial charge in [-0.25, -0.2) is 4.79 Å². The third kappa shape index (κ3) is 7.49. The van der Waals surface area contributed by atoms with E-state index in [1.54, 1.807) is 20.1 Å². The molecule has 0 aliphatic carbocycles. The summed E-state index contributed by atoms with van der Waals surface area (Å²) in [5.41, 5.74) is 0. The van der Waals surface area contributed by atoms with Crippen LogP contribution >= 0.6 is 0 Å². The van der Waals surface area contributed by atoms with Gasteiger partial charge in [-0.2, -0.15) is 0 Å². The number of hydrogen-bond acceptors (Lipinski definition) is 3. The van der Waals surface area contributed by atoms with Crippen molar-refractivity contribution in [3.63, 3.8) is 0 Å². The molecule has 0 aliphatic rings. The molecule has 0 spiro atoms. The van der Waals surface area contributed by atoms with E-state index in [2.05, 4.69) is 0 Å². The highest BCUT2D eigenvalue weighted by molar-refractivity contribution is 6.26. The molecule has 0 amide bonds. The Labute approximate surface area is 75.7 Å². The molecule has 0 atom stereocenters. The summed E-state index contributed by atoms with van der Waals surface area (Å²) < 4.78 is 9.85. The van der Waals surface area contributed by atoms with Crippen molar-refractivity contribution in [2.45, 2.75) is 19.4 Å². The Kier molecular flexibility index (Phi) is 8.05. The van der Waals surface area contributed by atoms with Crippen LogP contribution < -0.4 is 0 Å². The molecule has 0 radical (unpaired) electrons. The van der Waals surface area contributed by atoms with Gasteiger partial charge in [-0.1, -0.05) is 6.08 Å². The smallest absolute Gasteiger partial charge is 0.330 e. The van der Waals surface area contributed by atoms with E-state index in [0.29, 0.717) is 6.61 Å². The van der Waals surface area contributed by atoms with Crippen LogP contribution in [0.5, 0.6) is 0 Å². The predicted molar refractivity (Wildman–Crippen MR) is 50.8 cm³/mol. The third-order valence-corrected chi connectivity index (χ3v) is 2.49. The Morgan fingerprint density at radius 1 is 1.58 bits per heavy atom. The molecule has 0 saturated carbocycles. The fourth-order valence-corrected chi connectivity index (χ4v) is 1.40. The fraction of sp³-hybridized carbons (Fsp3) is 0.625. The molecule has 4 heteroatoms. The van der Waals surface area contributed by atoms with Crippen molar-refractivity contribution in [2.75, 3.05) is 13.7 Å². The maximum Gasteiger partial charge on any atom is 0.330 e. The van der Waals surface area contributed by atoms with Crippen LogP contribution in [0, 0.1) is 0 Å². The zero-order valence-electron chi connectivity index (χ0n) is 7.71. The van der Waals surface area contributed by atoms with Crippen molar-refractivity contribution in [3.05, 3.63) is 12.2 Å². The van der Waals surface area contributed by atoms with E-state index >= 15 is 0 Å². The maximum atomic E-state index is 10.7. The average Bonchev–Trinajstić information content (AvgIpc) is 2.05. The van der Waals surface area contributed by atoms with E-state index in [-0.39, 0.29) is 15.7 Å². The lowest BCUT2D eigenvalue weighted by molar-refractivity contribution is -0.137. The topological polar surface area (TPSA) is 35.5 Å². The summed E-state index contributed by atoms with van der Waals surface area (Å²) in [6.07, 6.45) is 4.02. The summed E-state index contributed by atoms with van der Waals surface area (Å²) >= 11 is 0. The minimum atomic E-state index is -0.344. The Morgan fingerprint density at radius 2 is 2.33 bits per heavy atom. The van der Waals surface area contributed by atoms with Gasteiger partial charge in [0.15, 0.2) is 9.76 Å². The molecule has 0 bridgehead atoms. The number of ether oxygens (including phenoxy) is 1. The maximum absolute atomic E-state index is 10.7. The molecule has 0 aliphatic heterocycles. The van der Waals surface area contributed by atoms with Crippen LogP contribution in [0.2, 0.25) is 6.04 Å². The Balaban J connectivity index is 3.14. The van der Waals surface area contributed by atoms with Gasteiger partial charge in [0.1, 0.15) is 0 Å². The minimum Gasteiger partial charge on any atom is -0.463 e. The number of carbonyl (C=O) groups is 1. The quantitative estimate of drug-likeness (QED) is 0.266. The fourth-order valence-electron chi connectivity index (χ4n) is 0.705. The number of hydrogen-bond donors (Lipinski definition) is 0. The second kappa shape index (κ2) is 8.48. The molecule has 0 aromatic rings. The lowest BCUT2D eigenvalue weighted by atomic mass is 10.5. The Morgan fingerprint density at radius 3 is 2.92 bits per heavy atom. The Hall–Kier alpha value is -0.613. The molecule has 0 heterocycles. The number of allylic oxidation sites excluding steroid dienone is 1. The molecule has 0 unspecified atom stereocenters. The molecular weight excluding hydrogens is 172 g/mol. The first-order valence-electron chi connectivity index (χ1n) is 4.09. The molecule has 0 N–H and O–H groups in total. The van der Waals surface area contributed by atoms with Gasteiger partial charge >= 0.3 is 5.97 Å². The van der Waals surface area contributed by atoms with Crippen LogP contribution in [-0.4, -0.2) is 29.4 Å². The molecule has 12 heavy (non-hydrogen) atoms.